The molecule has 5 nitrogen and oxygen atoms in total. The number of rotatable bonds is 5. The minimum atomic E-state index is -0.898. The summed E-state index contributed by atoms with van der Waals surface area (Å²) >= 11 is 0. The van der Waals surface area contributed by atoms with Crippen LogP contribution in [0.2, 0.25) is 0 Å². The third-order valence-electron chi connectivity index (χ3n) is 3.46. The number of aromatic carboxylic acids is 1. The summed E-state index contributed by atoms with van der Waals surface area (Å²) in [6.07, 6.45) is 2.04. The van der Waals surface area contributed by atoms with Gasteiger partial charge in [-0.3, -0.25) is 4.68 Å². The van der Waals surface area contributed by atoms with Crippen molar-refractivity contribution in [3.8, 4) is 0 Å². The highest BCUT2D eigenvalue weighted by Gasteiger charge is 2.21. The maximum atomic E-state index is 10.8. The summed E-state index contributed by atoms with van der Waals surface area (Å²) in [5, 5.41) is 16.8. The highest BCUT2D eigenvalue weighted by molar-refractivity contribution is 5.87. The number of carbonyl (C=O) groups is 1. The lowest BCUT2D eigenvalue weighted by molar-refractivity contribution is 0.0697. The Morgan fingerprint density at radius 1 is 1.23 bits per heavy atom. The molecule has 1 aromatic carbocycles. The largest absolute Gasteiger partial charge is 0.478 e. The molecular formula is C17H23N3O2. The summed E-state index contributed by atoms with van der Waals surface area (Å²) in [5.41, 5.74) is 3.68. The topological polar surface area (TPSA) is 67.2 Å². The van der Waals surface area contributed by atoms with Crippen LogP contribution in [-0.4, -0.2) is 20.9 Å². The van der Waals surface area contributed by atoms with Gasteiger partial charge >= 0.3 is 5.97 Å². The van der Waals surface area contributed by atoms with Gasteiger partial charge in [0.1, 0.15) is 0 Å². The Hall–Kier alpha value is -2.14. The Labute approximate surface area is 131 Å². The lowest BCUT2D eigenvalue weighted by Gasteiger charge is -2.17. The van der Waals surface area contributed by atoms with E-state index < -0.39 is 5.97 Å². The van der Waals surface area contributed by atoms with Gasteiger partial charge in [-0.2, -0.15) is 5.10 Å². The second-order valence-corrected chi connectivity index (χ2v) is 6.53. The van der Waals surface area contributed by atoms with E-state index in [9.17, 15) is 4.79 Å². The van der Waals surface area contributed by atoms with Crippen molar-refractivity contribution in [1.29, 1.82) is 0 Å². The third kappa shape index (κ3) is 3.95. The highest BCUT2D eigenvalue weighted by atomic mass is 16.4. The number of carboxylic acid groups (broad SMARTS) is 1. The molecule has 22 heavy (non-hydrogen) atoms. The molecule has 0 spiro atoms. The van der Waals surface area contributed by atoms with Crippen molar-refractivity contribution >= 4 is 5.97 Å². The zero-order valence-electron chi connectivity index (χ0n) is 13.6. The highest BCUT2D eigenvalue weighted by Crippen LogP contribution is 2.24. The van der Waals surface area contributed by atoms with Crippen LogP contribution in [0.5, 0.6) is 0 Å². The first-order valence-electron chi connectivity index (χ1n) is 7.33. The van der Waals surface area contributed by atoms with E-state index in [0.29, 0.717) is 12.1 Å². The molecule has 0 amide bonds. The summed E-state index contributed by atoms with van der Waals surface area (Å²) < 4.78 is 1.85. The van der Waals surface area contributed by atoms with Gasteiger partial charge in [-0.05, 0) is 17.7 Å². The minimum absolute atomic E-state index is 0.0153. The van der Waals surface area contributed by atoms with E-state index in [2.05, 4.69) is 31.2 Å². The Morgan fingerprint density at radius 3 is 2.41 bits per heavy atom. The molecule has 2 N–H and O–H groups in total. The molecule has 0 unspecified atom stereocenters. The number of hydrogen-bond donors (Lipinski definition) is 2. The maximum Gasteiger partial charge on any atom is 0.335 e. The lowest BCUT2D eigenvalue weighted by atomic mass is 9.89. The van der Waals surface area contributed by atoms with Crippen LogP contribution in [0.4, 0.5) is 0 Å². The van der Waals surface area contributed by atoms with Crippen LogP contribution < -0.4 is 5.32 Å². The molecule has 0 saturated carbocycles. The second kappa shape index (κ2) is 6.32. The SMILES string of the molecule is Cn1cc(CNCc2ccc(C(=O)O)cc2)c(C(C)(C)C)n1. The average Bonchev–Trinajstić information content (AvgIpc) is 2.80. The fraction of sp³-hybridized carbons (Fsp3) is 0.412. The standard InChI is InChI=1S/C17H23N3O2/c1-17(2,3)15-14(11-20(4)19-15)10-18-9-12-5-7-13(8-6-12)16(21)22/h5-8,11,18H,9-10H2,1-4H3,(H,21,22). The molecule has 0 bridgehead atoms. The molecule has 0 radical (unpaired) electrons. The van der Waals surface area contributed by atoms with Crippen molar-refractivity contribution in [1.82, 2.24) is 15.1 Å². The maximum absolute atomic E-state index is 10.8. The average molecular weight is 301 g/mol. The summed E-state index contributed by atoms with van der Waals surface area (Å²) in [6.45, 7) is 7.90. The van der Waals surface area contributed by atoms with Crippen LogP contribution in [0.25, 0.3) is 0 Å². The zero-order valence-corrected chi connectivity index (χ0v) is 13.6. The molecule has 2 aromatic rings. The van der Waals surface area contributed by atoms with Crippen LogP contribution >= 0.6 is 0 Å². The molecule has 118 valence electrons. The molecular weight excluding hydrogens is 278 g/mol. The van der Waals surface area contributed by atoms with Crippen molar-refractivity contribution < 1.29 is 9.90 Å². The number of hydrogen-bond acceptors (Lipinski definition) is 3. The zero-order chi connectivity index (χ0) is 16.3. The summed E-state index contributed by atoms with van der Waals surface area (Å²) in [7, 11) is 1.93. The van der Waals surface area contributed by atoms with Crippen LogP contribution in [0, 0.1) is 0 Å². The summed E-state index contributed by atoms with van der Waals surface area (Å²) in [5.74, 6) is -0.898. The number of carboxylic acids is 1. The van der Waals surface area contributed by atoms with E-state index in [1.807, 2.05) is 30.1 Å². The molecule has 0 aliphatic heterocycles. The molecule has 1 heterocycles. The fourth-order valence-corrected chi connectivity index (χ4v) is 2.41. The minimum Gasteiger partial charge on any atom is -0.478 e. The molecule has 0 atom stereocenters. The molecule has 0 saturated heterocycles. The normalized spacial score (nSPS) is 11.6. The fourth-order valence-electron chi connectivity index (χ4n) is 2.41. The molecule has 0 aliphatic rings. The Bertz CT molecular complexity index is 652. The molecule has 2 rings (SSSR count). The van der Waals surface area contributed by atoms with Crippen molar-refractivity contribution in [2.45, 2.75) is 39.3 Å². The van der Waals surface area contributed by atoms with Crippen molar-refractivity contribution in [2.75, 3.05) is 0 Å². The van der Waals surface area contributed by atoms with Gasteiger partial charge in [-0.1, -0.05) is 32.9 Å². The Morgan fingerprint density at radius 2 is 1.86 bits per heavy atom. The van der Waals surface area contributed by atoms with Gasteiger partial charge < -0.3 is 10.4 Å². The van der Waals surface area contributed by atoms with Crippen LogP contribution in [0.1, 0.15) is 48.0 Å². The smallest absolute Gasteiger partial charge is 0.335 e. The van der Waals surface area contributed by atoms with Crippen molar-refractivity contribution in [2.24, 2.45) is 7.05 Å². The third-order valence-corrected chi connectivity index (χ3v) is 3.46. The van der Waals surface area contributed by atoms with Gasteiger partial charge in [-0.25, -0.2) is 4.79 Å². The molecule has 0 aliphatic carbocycles. The number of aromatic nitrogens is 2. The Balaban J connectivity index is 1.98. The van der Waals surface area contributed by atoms with E-state index >= 15 is 0 Å². The monoisotopic (exact) mass is 301 g/mol. The predicted molar refractivity (Wildman–Crippen MR) is 85.9 cm³/mol. The van der Waals surface area contributed by atoms with Crippen LogP contribution in [0.15, 0.2) is 30.5 Å². The van der Waals surface area contributed by atoms with Crippen molar-refractivity contribution in [3.63, 3.8) is 0 Å². The first-order valence-corrected chi connectivity index (χ1v) is 7.33. The van der Waals surface area contributed by atoms with Gasteiger partial charge in [-0.15, -0.1) is 0 Å². The van der Waals surface area contributed by atoms with Crippen LogP contribution in [-0.2, 0) is 25.6 Å². The molecule has 5 heteroatoms. The summed E-state index contributed by atoms with van der Waals surface area (Å²) in [4.78, 5) is 10.8. The first kappa shape index (κ1) is 16.2. The molecule has 0 fully saturated rings. The Kier molecular flexibility index (Phi) is 4.66. The van der Waals surface area contributed by atoms with Crippen LogP contribution in [0.3, 0.4) is 0 Å². The summed E-state index contributed by atoms with van der Waals surface area (Å²) in [6, 6.07) is 6.93. The van der Waals surface area contributed by atoms with Gasteiger partial charge in [0, 0.05) is 37.3 Å². The van der Waals surface area contributed by atoms with E-state index in [0.717, 1.165) is 17.8 Å². The van der Waals surface area contributed by atoms with Crippen molar-refractivity contribution in [3.05, 3.63) is 52.8 Å². The first-order chi connectivity index (χ1) is 10.3. The van der Waals surface area contributed by atoms with E-state index in [-0.39, 0.29) is 5.41 Å². The van der Waals surface area contributed by atoms with E-state index in [1.165, 1.54) is 5.56 Å². The van der Waals surface area contributed by atoms with E-state index in [4.69, 9.17) is 5.11 Å². The lowest BCUT2D eigenvalue weighted by Crippen LogP contribution is -2.19. The van der Waals surface area contributed by atoms with Gasteiger partial charge in [0.15, 0.2) is 0 Å². The quantitative estimate of drug-likeness (QED) is 0.891. The van der Waals surface area contributed by atoms with Gasteiger partial charge in [0.2, 0.25) is 0 Å². The molecule has 1 aromatic heterocycles. The number of benzene rings is 1. The number of nitrogens with one attached hydrogen (secondary N) is 1. The predicted octanol–water partition coefficient (Wildman–Crippen LogP) is 2.71. The number of nitrogens with zero attached hydrogens (tertiary/aromatic N) is 2. The second-order valence-electron chi connectivity index (χ2n) is 6.53. The van der Waals surface area contributed by atoms with Gasteiger partial charge in [0.05, 0.1) is 11.3 Å². The van der Waals surface area contributed by atoms with E-state index in [1.54, 1.807) is 12.1 Å². The van der Waals surface area contributed by atoms with Gasteiger partial charge in [0.25, 0.3) is 0 Å². The number of aryl methyl sites for hydroxylation is 1.